The zero-order chi connectivity index (χ0) is 15.6. The van der Waals surface area contributed by atoms with Gasteiger partial charge in [-0.15, -0.1) is 0 Å². The number of aryl methyl sites for hydroxylation is 1. The number of hydrogen-bond acceptors (Lipinski definition) is 1. The normalized spacial score (nSPS) is 14.9. The lowest BCUT2D eigenvalue weighted by Gasteiger charge is -2.18. The Hall–Kier alpha value is -2.93. The molecule has 0 bridgehead atoms. The molecule has 108 valence electrons. The van der Waals surface area contributed by atoms with Crippen LogP contribution in [0.25, 0.3) is 28.5 Å². The van der Waals surface area contributed by atoms with Crippen LogP contribution in [-0.4, -0.2) is 5.78 Å². The highest BCUT2D eigenvalue weighted by atomic mass is 16.1. The van der Waals surface area contributed by atoms with Crippen LogP contribution in [-0.2, 0) is 0 Å². The zero-order valence-electron chi connectivity index (χ0n) is 12.8. The molecule has 0 spiro atoms. The molecule has 0 aliphatic heterocycles. The Balaban J connectivity index is 1.84. The fraction of sp³-hybridized carbons (Fsp3) is 0.0455. The summed E-state index contributed by atoms with van der Waals surface area (Å²) in [5.74, 6) is 0.142. The van der Waals surface area contributed by atoms with Crippen molar-refractivity contribution in [2.24, 2.45) is 0 Å². The van der Waals surface area contributed by atoms with Crippen LogP contribution in [0, 0.1) is 6.92 Å². The first-order valence-corrected chi connectivity index (χ1v) is 7.83. The van der Waals surface area contributed by atoms with Crippen LogP contribution in [0.2, 0.25) is 0 Å². The largest absolute Gasteiger partial charge is 0.289 e. The average molecular weight is 294 g/mol. The second-order valence-corrected chi connectivity index (χ2v) is 6.29. The summed E-state index contributed by atoms with van der Waals surface area (Å²) in [6, 6.07) is 18.7. The fourth-order valence-electron chi connectivity index (χ4n) is 3.72. The average Bonchev–Trinajstić information content (AvgIpc) is 2.94. The van der Waals surface area contributed by atoms with E-state index in [4.69, 9.17) is 0 Å². The van der Waals surface area contributed by atoms with Crippen molar-refractivity contribution in [3.05, 3.63) is 88.0 Å². The summed E-state index contributed by atoms with van der Waals surface area (Å²) in [6.07, 6.45) is 4.19. The van der Waals surface area contributed by atoms with Crippen LogP contribution >= 0.6 is 0 Å². The minimum atomic E-state index is 0.142. The van der Waals surface area contributed by atoms with Gasteiger partial charge >= 0.3 is 0 Å². The van der Waals surface area contributed by atoms with Gasteiger partial charge in [0.1, 0.15) is 0 Å². The van der Waals surface area contributed by atoms with E-state index in [0.717, 1.165) is 44.2 Å². The number of carbonyl (C=O) groups is 1. The van der Waals surface area contributed by atoms with E-state index in [2.05, 4.69) is 55.5 Å². The first-order chi connectivity index (χ1) is 11.2. The molecule has 3 aromatic carbocycles. The maximum atomic E-state index is 13.2. The Morgan fingerprint density at radius 1 is 0.783 bits per heavy atom. The van der Waals surface area contributed by atoms with Gasteiger partial charge in [0.05, 0.1) is 0 Å². The molecule has 1 heteroatoms. The van der Waals surface area contributed by atoms with E-state index < -0.39 is 0 Å². The molecule has 0 saturated heterocycles. The third-order valence-corrected chi connectivity index (χ3v) is 4.82. The molecule has 1 nitrogen and oxygen atoms in total. The molecule has 0 saturated carbocycles. The van der Waals surface area contributed by atoms with Crippen LogP contribution in [0.5, 0.6) is 0 Å². The van der Waals surface area contributed by atoms with Crippen molar-refractivity contribution in [1.29, 1.82) is 0 Å². The maximum Gasteiger partial charge on any atom is 0.194 e. The Labute approximate surface area is 134 Å². The van der Waals surface area contributed by atoms with E-state index >= 15 is 0 Å². The van der Waals surface area contributed by atoms with E-state index in [1.165, 1.54) is 5.56 Å². The number of fused-ring (bicyclic) bond motifs is 6. The second kappa shape index (κ2) is 4.30. The van der Waals surface area contributed by atoms with E-state index in [1.54, 1.807) is 0 Å². The van der Waals surface area contributed by atoms with Crippen LogP contribution in [0.15, 0.2) is 60.2 Å². The number of carbonyl (C=O) groups excluding carboxylic acids is 1. The molecule has 3 aromatic rings. The van der Waals surface area contributed by atoms with Gasteiger partial charge in [0, 0.05) is 11.1 Å². The van der Waals surface area contributed by atoms with Gasteiger partial charge < -0.3 is 0 Å². The summed E-state index contributed by atoms with van der Waals surface area (Å²) in [5.41, 5.74) is 7.25. The van der Waals surface area contributed by atoms with Gasteiger partial charge in [-0.25, -0.2) is 0 Å². The zero-order valence-corrected chi connectivity index (χ0v) is 12.8. The van der Waals surface area contributed by atoms with Gasteiger partial charge in [-0.1, -0.05) is 60.2 Å². The predicted octanol–water partition coefficient (Wildman–Crippen LogP) is 5.28. The van der Waals surface area contributed by atoms with Crippen LogP contribution in [0.3, 0.4) is 0 Å². The van der Waals surface area contributed by atoms with Gasteiger partial charge in [0.25, 0.3) is 0 Å². The van der Waals surface area contributed by atoms with Gasteiger partial charge in [-0.2, -0.15) is 0 Å². The smallest absolute Gasteiger partial charge is 0.194 e. The molecule has 0 fully saturated rings. The standard InChI is InChI=1S/C22H14O/c1-13-6-9-18-15(10-13)7-8-16-12-19-17-5-3-2-4-14(17)11-20(19)22(23)21(16)18/h2-12H,1H3. The number of benzene rings is 3. The molecule has 5 rings (SSSR count). The molecule has 0 radical (unpaired) electrons. The molecule has 2 aliphatic carbocycles. The summed E-state index contributed by atoms with van der Waals surface area (Å²) in [6.45, 7) is 2.08. The van der Waals surface area contributed by atoms with Crippen molar-refractivity contribution in [2.75, 3.05) is 0 Å². The third kappa shape index (κ3) is 1.65. The topological polar surface area (TPSA) is 17.1 Å². The van der Waals surface area contributed by atoms with E-state index in [9.17, 15) is 4.79 Å². The van der Waals surface area contributed by atoms with Crippen molar-refractivity contribution >= 4 is 34.3 Å². The number of allylic oxidation sites excluding steroid dienone is 2. The lowest BCUT2D eigenvalue weighted by Crippen LogP contribution is -2.10. The highest BCUT2D eigenvalue weighted by Gasteiger charge is 2.30. The third-order valence-electron chi connectivity index (χ3n) is 4.82. The summed E-state index contributed by atoms with van der Waals surface area (Å²) >= 11 is 0. The predicted molar refractivity (Wildman–Crippen MR) is 95.3 cm³/mol. The van der Waals surface area contributed by atoms with Gasteiger partial charge in [-0.3, -0.25) is 4.79 Å². The Bertz CT molecular complexity index is 1080. The van der Waals surface area contributed by atoms with E-state index in [-0.39, 0.29) is 5.78 Å². The second-order valence-electron chi connectivity index (χ2n) is 6.29. The van der Waals surface area contributed by atoms with Crippen molar-refractivity contribution < 1.29 is 4.79 Å². The molecule has 0 atom stereocenters. The molecule has 0 amide bonds. The molecule has 0 N–H and O–H groups in total. The Kier molecular flexibility index (Phi) is 2.35. The molecule has 23 heavy (non-hydrogen) atoms. The number of rotatable bonds is 0. The minimum absolute atomic E-state index is 0.142. The first-order valence-electron chi connectivity index (χ1n) is 7.83. The van der Waals surface area contributed by atoms with Gasteiger partial charge in [-0.05, 0) is 52.1 Å². The first kappa shape index (κ1) is 12.6. The summed E-state index contributed by atoms with van der Waals surface area (Å²) in [7, 11) is 0. The van der Waals surface area contributed by atoms with Crippen LogP contribution in [0.4, 0.5) is 0 Å². The molecular weight excluding hydrogens is 280 g/mol. The quantitative estimate of drug-likeness (QED) is 0.551. The molecule has 0 heterocycles. The SMILES string of the molecule is Cc1ccc2c3c(ccc2c1)C=C1C(=Cc2ccccc21)C3=O. The molecular formula is C22H14O. The molecule has 0 aromatic heterocycles. The van der Waals surface area contributed by atoms with E-state index in [1.807, 2.05) is 18.2 Å². The van der Waals surface area contributed by atoms with Crippen molar-refractivity contribution in [3.8, 4) is 0 Å². The Morgan fingerprint density at radius 2 is 1.61 bits per heavy atom. The highest BCUT2D eigenvalue weighted by molar-refractivity contribution is 6.33. The lowest BCUT2D eigenvalue weighted by atomic mass is 9.84. The number of ketones is 1. The fourth-order valence-corrected chi connectivity index (χ4v) is 3.72. The summed E-state index contributed by atoms with van der Waals surface area (Å²) in [5, 5.41) is 2.18. The van der Waals surface area contributed by atoms with Crippen molar-refractivity contribution in [3.63, 3.8) is 0 Å². The van der Waals surface area contributed by atoms with Crippen molar-refractivity contribution in [1.82, 2.24) is 0 Å². The highest BCUT2D eigenvalue weighted by Crippen LogP contribution is 2.43. The summed E-state index contributed by atoms with van der Waals surface area (Å²) < 4.78 is 0. The molecule has 2 aliphatic rings. The monoisotopic (exact) mass is 294 g/mol. The lowest BCUT2D eigenvalue weighted by molar-refractivity contribution is 0.104. The Morgan fingerprint density at radius 3 is 2.52 bits per heavy atom. The van der Waals surface area contributed by atoms with Crippen molar-refractivity contribution in [2.45, 2.75) is 6.92 Å². The number of Topliss-reactive ketones (excluding diaryl/α,β-unsaturated/α-hetero) is 1. The van der Waals surface area contributed by atoms with E-state index in [0.29, 0.717) is 0 Å². The van der Waals surface area contributed by atoms with Gasteiger partial charge in [0.2, 0.25) is 0 Å². The summed E-state index contributed by atoms with van der Waals surface area (Å²) in [4.78, 5) is 13.2. The van der Waals surface area contributed by atoms with Crippen LogP contribution in [0.1, 0.15) is 32.6 Å². The maximum absolute atomic E-state index is 13.2. The number of hydrogen-bond donors (Lipinski definition) is 0. The van der Waals surface area contributed by atoms with Gasteiger partial charge in [0.15, 0.2) is 5.78 Å². The van der Waals surface area contributed by atoms with Crippen LogP contribution < -0.4 is 0 Å². The minimum Gasteiger partial charge on any atom is -0.289 e. The molecule has 0 unspecified atom stereocenters.